The van der Waals surface area contributed by atoms with E-state index in [0.29, 0.717) is 16.2 Å². The third-order valence-corrected chi connectivity index (χ3v) is 2.28. The minimum atomic E-state index is -1.14. The van der Waals surface area contributed by atoms with E-state index in [-0.39, 0.29) is 5.82 Å². The van der Waals surface area contributed by atoms with Gasteiger partial charge in [0.2, 0.25) is 5.82 Å². The second-order valence-corrected chi connectivity index (χ2v) is 3.54. The van der Waals surface area contributed by atoms with Crippen LogP contribution in [0.15, 0.2) is 18.2 Å². The molecule has 2 rings (SSSR count). The van der Waals surface area contributed by atoms with Crippen molar-refractivity contribution >= 4 is 28.5 Å². The molecule has 0 saturated heterocycles. The summed E-state index contributed by atoms with van der Waals surface area (Å²) in [6.45, 7) is 1.74. The summed E-state index contributed by atoms with van der Waals surface area (Å²) >= 11 is 5.80. The van der Waals surface area contributed by atoms with E-state index >= 15 is 0 Å². The summed E-state index contributed by atoms with van der Waals surface area (Å²) in [5, 5.41) is 10.1. The molecule has 4 nitrogen and oxygen atoms in total. The highest BCUT2D eigenvalue weighted by Crippen LogP contribution is 2.19. The van der Waals surface area contributed by atoms with Gasteiger partial charge in [0, 0.05) is 16.1 Å². The molecule has 0 fully saturated rings. The number of hydrogen-bond acceptors (Lipinski definition) is 3. The van der Waals surface area contributed by atoms with Crippen molar-refractivity contribution in [3.8, 4) is 0 Å². The van der Waals surface area contributed by atoms with Gasteiger partial charge >= 0.3 is 5.97 Å². The van der Waals surface area contributed by atoms with Crippen LogP contribution in [0.1, 0.15) is 16.3 Å². The average Bonchev–Trinajstić information content (AvgIpc) is 2.16. The molecule has 0 unspecified atom stereocenters. The Kier molecular flexibility index (Phi) is 2.28. The highest BCUT2D eigenvalue weighted by atomic mass is 35.5. The molecule has 0 bridgehead atoms. The van der Waals surface area contributed by atoms with Gasteiger partial charge in [-0.3, -0.25) is 0 Å². The lowest BCUT2D eigenvalue weighted by atomic mass is 10.2. The maximum Gasteiger partial charge on any atom is 0.373 e. The summed E-state index contributed by atoms with van der Waals surface area (Å²) in [7, 11) is 0. The predicted octanol–water partition coefficient (Wildman–Crippen LogP) is 2.29. The van der Waals surface area contributed by atoms with Crippen molar-refractivity contribution in [3.05, 3.63) is 34.7 Å². The molecule has 5 heteroatoms. The van der Waals surface area contributed by atoms with Crippen LogP contribution in [0.2, 0.25) is 5.02 Å². The van der Waals surface area contributed by atoms with E-state index in [1.165, 1.54) is 0 Å². The van der Waals surface area contributed by atoms with Gasteiger partial charge in [-0.25, -0.2) is 14.8 Å². The smallest absolute Gasteiger partial charge is 0.373 e. The van der Waals surface area contributed by atoms with Gasteiger partial charge in [0.15, 0.2) is 0 Å². The second kappa shape index (κ2) is 3.47. The molecule has 0 spiro atoms. The van der Waals surface area contributed by atoms with Crippen molar-refractivity contribution in [2.45, 2.75) is 6.92 Å². The van der Waals surface area contributed by atoms with E-state index in [2.05, 4.69) is 9.97 Å². The Bertz CT molecular complexity index is 554. The van der Waals surface area contributed by atoms with Crippen molar-refractivity contribution in [2.75, 3.05) is 0 Å². The summed E-state index contributed by atoms with van der Waals surface area (Å²) in [5.41, 5.74) is 1.18. The zero-order valence-electron chi connectivity index (χ0n) is 7.86. The van der Waals surface area contributed by atoms with E-state index in [1.54, 1.807) is 25.1 Å². The molecule has 76 valence electrons. The van der Waals surface area contributed by atoms with Crippen LogP contribution in [-0.4, -0.2) is 21.0 Å². The second-order valence-electron chi connectivity index (χ2n) is 3.10. The fourth-order valence-corrected chi connectivity index (χ4v) is 1.52. The van der Waals surface area contributed by atoms with Gasteiger partial charge in [0.1, 0.15) is 0 Å². The summed E-state index contributed by atoms with van der Waals surface area (Å²) in [4.78, 5) is 18.5. The fraction of sp³-hybridized carbons (Fsp3) is 0.100. The van der Waals surface area contributed by atoms with Gasteiger partial charge in [-0.15, -0.1) is 0 Å². The standard InChI is InChI=1S/C10H7ClN2O2/c1-5-7-3-2-6(11)4-8(7)13-9(12-5)10(14)15/h2-4H,1H3,(H,14,15). The van der Waals surface area contributed by atoms with E-state index in [0.717, 1.165) is 5.39 Å². The Hall–Kier alpha value is -1.68. The number of rotatable bonds is 1. The predicted molar refractivity (Wildman–Crippen MR) is 56.2 cm³/mol. The molecule has 0 atom stereocenters. The van der Waals surface area contributed by atoms with E-state index in [1.807, 2.05) is 0 Å². The largest absolute Gasteiger partial charge is 0.475 e. The number of hydrogen-bond donors (Lipinski definition) is 1. The Morgan fingerprint density at radius 1 is 1.40 bits per heavy atom. The Balaban J connectivity index is 2.79. The minimum absolute atomic E-state index is 0.206. The zero-order valence-corrected chi connectivity index (χ0v) is 8.62. The number of nitrogens with zero attached hydrogens (tertiary/aromatic N) is 2. The molecule has 0 radical (unpaired) electrons. The Labute approximate surface area is 90.5 Å². The summed E-state index contributed by atoms with van der Waals surface area (Å²) < 4.78 is 0. The van der Waals surface area contributed by atoms with Gasteiger partial charge in [0.05, 0.1) is 5.52 Å². The van der Waals surface area contributed by atoms with Crippen LogP contribution < -0.4 is 0 Å². The molecule has 1 aromatic carbocycles. The summed E-state index contributed by atoms with van der Waals surface area (Å²) in [6.07, 6.45) is 0. The van der Waals surface area contributed by atoms with Crippen LogP contribution >= 0.6 is 11.6 Å². The van der Waals surface area contributed by atoms with Crippen molar-refractivity contribution in [3.63, 3.8) is 0 Å². The van der Waals surface area contributed by atoms with Crippen LogP contribution in [0.4, 0.5) is 0 Å². The number of halogens is 1. The molecule has 0 amide bonds. The molecule has 0 aliphatic carbocycles. The molecule has 0 aliphatic heterocycles. The molecule has 15 heavy (non-hydrogen) atoms. The van der Waals surface area contributed by atoms with Crippen molar-refractivity contribution < 1.29 is 9.90 Å². The maximum atomic E-state index is 10.7. The van der Waals surface area contributed by atoms with Gasteiger partial charge in [-0.1, -0.05) is 11.6 Å². The van der Waals surface area contributed by atoms with E-state index < -0.39 is 5.97 Å². The molecule has 2 aromatic rings. The van der Waals surface area contributed by atoms with Gasteiger partial charge in [-0.05, 0) is 25.1 Å². The third-order valence-electron chi connectivity index (χ3n) is 2.04. The number of fused-ring (bicyclic) bond motifs is 1. The Morgan fingerprint density at radius 3 is 2.80 bits per heavy atom. The molecule has 1 aromatic heterocycles. The zero-order chi connectivity index (χ0) is 11.0. The SMILES string of the molecule is Cc1nc(C(=O)O)nc2cc(Cl)ccc12. The minimum Gasteiger partial charge on any atom is -0.475 e. The molecule has 0 aliphatic rings. The first-order valence-corrected chi connectivity index (χ1v) is 4.63. The van der Waals surface area contributed by atoms with Crippen LogP contribution in [0.5, 0.6) is 0 Å². The number of carboxylic acid groups (broad SMARTS) is 1. The topological polar surface area (TPSA) is 63.1 Å². The van der Waals surface area contributed by atoms with Crippen molar-refractivity contribution in [2.24, 2.45) is 0 Å². The maximum absolute atomic E-state index is 10.7. The lowest BCUT2D eigenvalue weighted by Crippen LogP contribution is -2.05. The van der Waals surface area contributed by atoms with Crippen LogP contribution in [0, 0.1) is 6.92 Å². The number of benzene rings is 1. The van der Waals surface area contributed by atoms with Crippen LogP contribution in [0.25, 0.3) is 10.9 Å². The number of carbonyl (C=O) groups is 1. The van der Waals surface area contributed by atoms with Crippen molar-refractivity contribution in [1.82, 2.24) is 9.97 Å². The summed E-state index contributed by atoms with van der Waals surface area (Å²) in [6, 6.07) is 5.12. The number of carboxylic acids is 1. The number of aromatic carboxylic acids is 1. The molecule has 1 N–H and O–H groups in total. The normalized spacial score (nSPS) is 10.5. The lowest BCUT2D eigenvalue weighted by Gasteiger charge is -2.02. The van der Waals surface area contributed by atoms with Gasteiger partial charge in [0.25, 0.3) is 0 Å². The number of aryl methyl sites for hydroxylation is 1. The highest BCUT2D eigenvalue weighted by molar-refractivity contribution is 6.31. The molecule has 1 heterocycles. The van der Waals surface area contributed by atoms with Gasteiger partial charge < -0.3 is 5.11 Å². The summed E-state index contributed by atoms with van der Waals surface area (Å²) in [5.74, 6) is -1.35. The first-order chi connectivity index (χ1) is 7.08. The first-order valence-electron chi connectivity index (χ1n) is 4.25. The fourth-order valence-electron chi connectivity index (χ4n) is 1.36. The molecular formula is C10H7ClN2O2. The average molecular weight is 223 g/mol. The first kappa shape index (κ1) is 9.86. The highest BCUT2D eigenvalue weighted by Gasteiger charge is 2.10. The number of aromatic nitrogens is 2. The van der Waals surface area contributed by atoms with Crippen molar-refractivity contribution in [1.29, 1.82) is 0 Å². The van der Waals surface area contributed by atoms with E-state index in [9.17, 15) is 4.79 Å². The monoisotopic (exact) mass is 222 g/mol. The molecular weight excluding hydrogens is 216 g/mol. The van der Waals surface area contributed by atoms with E-state index in [4.69, 9.17) is 16.7 Å². The third kappa shape index (κ3) is 1.76. The quantitative estimate of drug-likeness (QED) is 0.804. The lowest BCUT2D eigenvalue weighted by molar-refractivity contribution is 0.0683. The van der Waals surface area contributed by atoms with Gasteiger partial charge in [-0.2, -0.15) is 0 Å². The van der Waals surface area contributed by atoms with Crippen LogP contribution in [0.3, 0.4) is 0 Å². The van der Waals surface area contributed by atoms with Crippen LogP contribution in [-0.2, 0) is 0 Å². The molecule has 0 saturated carbocycles. The Morgan fingerprint density at radius 2 is 2.13 bits per heavy atom.